The average molecular weight is 414 g/mol. The molecule has 0 aliphatic rings. The predicted molar refractivity (Wildman–Crippen MR) is 114 cm³/mol. The molecule has 0 saturated heterocycles. The molecule has 154 valence electrons. The third-order valence-electron chi connectivity index (χ3n) is 4.92. The number of Topliss-reactive ketones (excluding diaryl/α,β-unsaturated/α-hetero) is 1. The van der Waals surface area contributed by atoms with Gasteiger partial charge < -0.3 is 4.74 Å². The van der Waals surface area contributed by atoms with Gasteiger partial charge in [-0.05, 0) is 23.8 Å². The Morgan fingerprint density at radius 1 is 0.903 bits per heavy atom. The smallest absolute Gasteiger partial charge is 0.358 e. The zero-order chi connectivity index (χ0) is 21.8. The van der Waals surface area contributed by atoms with Crippen LogP contribution in [0.4, 0.5) is 4.39 Å². The number of rotatable bonds is 6. The normalized spacial score (nSPS) is 11.7. The molecule has 1 unspecified atom stereocenters. The molecule has 0 fully saturated rings. The predicted octanol–water partition coefficient (Wildman–Crippen LogP) is 4.95. The molecule has 6 heteroatoms. The molecule has 0 N–H and O–H groups in total. The lowest BCUT2D eigenvalue weighted by Crippen LogP contribution is -2.23. The molecule has 4 aromatic rings. The Balaban J connectivity index is 1.95. The van der Waals surface area contributed by atoms with Gasteiger partial charge in [-0.1, -0.05) is 72.8 Å². The molecule has 4 rings (SSSR count). The summed E-state index contributed by atoms with van der Waals surface area (Å²) >= 11 is 0. The average Bonchev–Trinajstić information content (AvgIpc) is 3.25. The van der Waals surface area contributed by atoms with Gasteiger partial charge in [0.15, 0.2) is 11.5 Å². The van der Waals surface area contributed by atoms with Crippen molar-refractivity contribution in [2.24, 2.45) is 0 Å². The zero-order valence-corrected chi connectivity index (χ0v) is 16.7. The molecule has 0 aliphatic heterocycles. The van der Waals surface area contributed by atoms with Crippen molar-refractivity contribution in [1.82, 2.24) is 9.78 Å². The number of ether oxygens (including phenoxy) is 1. The van der Waals surface area contributed by atoms with E-state index >= 15 is 0 Å². The number of nitrogens with zero attached hydrogens (tertiary/aromatic N) is 2. The van der Waals surface area contributed by atoms with Crippen LogP contribution in [-0.2, 0) is 4.74 Å². The van der Waals surface area contributed by atoms with Crippen LogP contribution < -0.4 is 0 Å². The number of esters is 1. The molecule has 0 aliphatic carbocycles. The number of ketones is 1. The fraction of sp³-hybridized carbons (Fsp3) is 0.0800. The van der Waals surface area contributed by atoms with Crippen LogP contribution in [0.25, 0.3) is 11.3 Å². The van der Waals surface area contributed by atoms with E-state index in [1.165, 1.54) is 30.0 Å². The number of hydrogen-bond donors (Lipinski definition) is 0. The topological polar surface area (TPSA) is 61.2 Å². The van der Waals surface area contributed by atoms with Crippen LogP contribution in [0.1, 0.15) is 32.5 Å². The van der Waals surface area contributed by atoms with Gasteiger partial charge in [0.2, 0.25) is 0 Å². The number of benzene rings is 3. The second-order valence-electron chi connectivity index (χ2n) is 6.90. The van der Waals surface area contributed by atoms with Gasteiger partial charge in [-0.15, -0.1) is 0 Å². The van der Waals surface area contributed by atoms with Crippen LogP contribution in [0.2, 0.25) is 0 Å². The lowest BCUT2D eigenvalue weighted by molar-refractivity contribution is 0.0591. The number of carbonyl (C=O) groups is 2. The summed E-state index contributed by atoms with van der Waals surface area (Å²) < 4.78 is 20.3. The minimum atomic E-state index is -0.861. The molecular formula is C25H19FN2O3. The summed E-state index contributed by atoms with van der Waals surface area (Å²) in [5.74, 6) is -1.28. The van der Waals surface area contributed by atoms with Gasteiger partial charge in [-0.25, -0.2) is 13.9 Å². The first-order valence-electron chi connectivity index (χ1n) is 9.66. The van der Waals surface area contributed by atoms with Crippen molar-refractivity contribution in [3.8, 4) is 11.3 Å². The van der Waals surface area contributed by atoms with E-state index in [4.69, 9.17) is 4.74 Å². The van der Waals surface area contributed by atoms with E-state index in [0.717, 1.165) is 0 Å². The Morgan fingerprint density at radius 3 is 2.23 bits per heavy atom. The maximum atomic E-state index is 14.0. The highest BCUT2D eigenvalue weighted by Gasteiger charge is 2.29. The molecular weight excluding hydrogens is 395 g/mol. The van der Waals surface area contributed by atoms with E-state index in [9.17, 15) is 14.0 Å². The first-order valence-corrected chi connectivity index (χ1v) is 9.66. The summed E-state index contributed by atoms with van der Waals surface area (Å²) in [6, 6.07) is 24.6. The number of halogens is 1. The number of aromatic nitrogens is 2. The number of hydrogen-bond acceptors (Lipinski definition) is 4. The van der Waals surface area contributed by atoms with Gasteiger partial charge in [0.25, 0.3) is 0 Å². The summed E-state index contributed by atoms with van der Waals surface area (Å²) in [5, 5.41) is 4.41. The van der Waals surface area contributed by atoms with Gasteiger partial charge in [0, 0.05) is 11.1 Å². The third-order valence-corrected chi connectivity index (χ3v) is 4.92. The first-order chi connectivity index (χ1) is 15.1. The highest BCUT2D eigenvalue weighted by Crippen LogP contribution is 2.30. The molecule has 1 atom stereocenters. The van der Waals surface area contributed by atoms with Crippen LogP contribution in [0.15, 0.2) is 91.0 Å². The molecule has 0 saturated carbocycles. The summed E-state index contributed by atoms with van der Waals surface area (Å²) in [6.07, 6.45) is 0. The van der Waals surface area contributed by atoms with Crippen LogP contribution in [0, 0.1) is 5.82 Å². The molecule has 0 bridgehead atoms. The van der Waals surface area contributed by atoms with Gasteiger partial charge in [0.1, 0.15) is 11.9 Å². The van der Waals surface area contributed by atoms with Crippen LogP contribution in [0.3, 0.4) is 0 Å². The van der Waals surface area contributed by atoms with E-state index < -0.39 is 17.8 Å². The van der Waals surface area contributed by atoms with E-state index in [0.29, 0.717) is 22.4 Å². The van der Waals surface area contributed by atoms with Gasteiger partial charge in [-0.2, -0.15) is 5.10 Å². The number of carbonyl (C=O) groups excluding carboxylic acids is 2. The molecule has 5 nitrogen and oxygen atoms in total. The van der Waals surface area contributed by atoms with Crippen molar-refractivity contribution in [1.29, 1.82) is 0 Å². The molecule has 1 aromatic heterocycles. The van der Waals surface area contributed by atoms with Crippen LogP contribution in [-0.4, -0.2) is 28.6 Å². The summed E-state index contributed by atoms with van der Waals surface area (Å²) in [4.78, 5) is 25.8. The van der Waals surface area contributed by atoms with Crippen LogP contribution >= 0.6 is 0 Å². The van der Waals surface area contributed by atoms with Crippen molar-refractivity contribution >= 4 is 11.8 Å². The molecule has 1 heterocycles. The molecule has 31 heavy (non-hydrogen) atoms. The Kier molecular flexibility index (Phi) is 5.71. The third kappa shape index (κ3) is 4.14. The Morgan fingerprint density at radius 2 is 1.58 bits per heavy atom. The minimum Gasteiger partial charge on any atom is -0.464 e. The van der Waals surface area contributed by atoms with Gasteiger partial charge >= 0.3 is 5.97 Å². The Bertz CT molecular complexity index is 1220. The van der Waals surface area contributed by atoms with E-state index in [1.807, 2.05) is 36.4 Å². The summed E-state index contributed by atoms with van der Waals surface area (Å²) in [6.45, 7) is 0. The van der Waals surface area contributed by atoms with Crippen molar-refractivity contribution in [2.75, 3.05) is 7.11 Å². The fourth-order valence-corrected chi connectivity index (χ4v) is 3.46. The van der Waals surface area contributed by atoms with Gasteiger partial charge in [-0.3, -0.25) is 4.79 Å². The second-order valence-corrected chi connectivity index (χ2v) is 6.90. The molecule has 0 spiro atoms. The summed E-state index contributed by atoms with van der Waals surface area (Å²) in [7, 11) is 1.26. The molecule has 0 amide bonds. The lowest BCUT2D eigenvalue weighted by Gasteiger charge is -2.20. The molecule has 0 radical (unpaired) electrons. The summed E-state index contributed by atoms with van der Waals surface area (Å²) in [5.41, 5.74) is 2.14. The van der Waals surface area contributed by atoms with Gasteiger partial charge in [0.05, 0.1) is 12.8 Å². The van der Waals surface area contributed by atoms with Crippen LogP contribution in [0.5, 0.6) is 0 Å². The van der Waals surface area contributed by atoms with E-state index in [-0.39, 0.29) is 11.5 Å². The fourth-order valence-electron chi connectivity index (χ4n) is 3.46. The largest absolute Gasteiger partial charge is 0.464 e. The first kappa shape index (κ1) is 20.2. The SMILES string of the molecule is COC(=O)c1cc(-c2cccc(F)c2)n(C(C(=O)c2ccccc2)c2ccccc2)n1. The lowest BCUT2D eigenvalue weighted by atomic mass is 9.97. The maximum Gasteiger partial charge on any atom is 0.358 e. The monoisotopic (exact) mass is 414 g/mol. The van der Waals surface area contributed by atoms with Crippen molar-refractivity contribution in [3.63, 3.8) is 0 Å². The molecule has 3 aromatic carbocycles. The Hall–Kier alpha value is -4.06. The van der Waals surface area contributed by atoms with E-state index in [2.05, 4.69) is 5.10 Å². The standard InChI is InChI=1S/C25H19FN2O3/c1-31-25(30)21-16-22(19-13-8-14-20(26)15-19)28(27-21)23(17-9-4-2-5-10-17)24(29)18-11-6-3-7-12-18/h2-16,23H,1H3. The number of methoxy groups -OCH3 is 1. The van der Waals surface area contributed by atoms with Crippen molar-refractivity contribution in [2.45, 2.75) is 6.04 Å². The highest BCUT2D eigenvalue weighted by molar-refractivity contribution is 6.01. The Labute approximate surface area is 178 Å². The van der Waals surface area contributed by atoms with E-state index in [1.54, 1.807) is 36.4 Å². The second kappa shape index (κ2) is 8.75. The zero-order valence-electron chi connectivity index (χ0n) is 16.7. The maximum absolute atomic E-state index is 14.0. The minimum absolute atomic E-state index is 0.0311. The van der Waals surface area contributed by atoms with Crippen molar-refractivity contribution in [3.05, 3.63) is 114 Å². The quantitative estimate of drug-likeness (QED) is 0.331. The van der Waals surface area contributed by atoms with Crippen molar-refractivity contribution < 1.29 is 18.7 Å². The highest BCUT2D eigenvalue weighted by atomic mass is 19.1.